The molecule has 0 unspecified atom stereocenters. The van der Waals surface area contributed by atoms with Crippen LogP contribution < -0.4 is 0 Å². The molecule has 0 spiro atoms. The minimum absolute atomic E-state index is 0. The second-order valence-corrected chi connectivity index (χ2v) is 13.1. The predicted octanol–water partition coefficient (Wildman–Crippen LogP) is 7.31. The van der Waals surface area contributed by atoms with Gasteiger partial charge in [-0.15, -0.1) is 0 Å². The molecule has 0 fully saturated rings. The van der Waals surface area contributed by atoms with Gasteiger partial charge in [0.15, 0.2) is 0 Å². The monoisotopic (exact) mass is 764 g/mol. The van der Waals surface area contributed by atoms with Crippen LogP contribution in [0.15, 0.2) is 109 Å². The fourth-order valence-electron chi connectivity index (χ4n) is 2.67. The summed E-state index contributed by atoms with van der Waals surface area (Å²) >= 11 is 0. The average molecular weight is 764 g/mol. The first-order valence-electron chi connectivity index (χ1n) is 12.9. The molecular formula is C31H43Fe2O9P3. The van der Waals surface area contributed by atoms with E-state index in [0.717, 1.165) is 16.7 Å². The third-order valence-corrected chi connectivity index (χ3v) is 6.42. The van der Waals surface area contributed by atoms with Crippen LogP contribution in [0, 0.1) is 13.8 Å². The molecule has 0 heterocycles. The maximum atomic E-state index is 10.5. The first-order valence-corrected chi connectivity index (χ1v) is 18.3. The Balaban J connectivity index is -0.000000259. The van der Waals surface area contributed by atoms with E-state index >= 15 is 0 Å². The first-order chi connectivity index (χ1) is 20.2. The van der Waals surface area contributed by atoms with Crippen LogP contribution in [-0.2, 0) is 47.8 Å². The van der Waals surface area contributed by atoms with Crippen LogP contribution >= 0.6 is 22.8 Å². The van der Waals surface area contributed by atoms with Gasteiger partial charge in [0.1, 0.15) is 0 Å². The Bertz CT molecular complexity index is 1160. The van der Waals surface area contributed by atoms with E-state index in [1.807, 2.05) is 91.0 Å². The fraction of sp³-hybridized carbons (Fsp3) is 0.161. The Morgan fingerprint density at radius 1 is 0.467 bits per heavy atom. The van der Waals surface area contributed by atoms with Crippen LogP contribution in [0.2, 0.25) is 0 Å². The van der Waals surface area contributed by atoms with Crippen molar-refractivity contribution in [1.29, 1.82) is 0 Å². The maximum Gasteiger partial charge on any atom is 2.00 e. The number of allylic oxidation sites excluding steroid dienone is 3. The van der Waals surface area contributed by atoms with Crippen LogP contribution in [0.25, 0.3) is 18.2 Å². The van der Waals surface area contributed by atoms with E-state index in [2.05, 4.69) is 13.8 Å². The van der Waals surface area contributed by atoms with Crippen molar-refractivity contribution in [1.82, 2.24) is 0 Å². The minimum atomic E-state index is -3.89. The van der Waals surface area contributed by atoms with Crippen LogP contribution in [-0.4, -0.2) is 47.8 Å². The standard InChI is InChI=1S/3C9H11O3P.2C2H5.2Fe/c3*10-13(11,12)8-4-7-9-5-2-1-3-6-9;2*1-2;;/h3*1-7H,8H2,(H2,10,11,12);2*1H2,2H3;;/q;;;2*-1;;+2. The third kappa shape index (κ3) is 36.7. The Morgan fingerprint density at radius 2 is 0.644 bits per heavy atom. The van der Waals surface area contributed by atoms with Crippen LogP contribution in [0.4, 0.5) is 0 Å². The molecule has 0 atom stereocenters. The van der Waals surface area contributed by atoms with Crippen LogP contribution in [0.1, 0.15) is 30.5 Å². The second kappa shape index (κ2) is 29.8. The van der Waals surface area contributed by atoms with Gasteiger partial charge in [0.05, 0.1) is 18.5 Å². The summed E-state index contributed by atoms with van der Waals surface area (Å²) < 4.78 is 31.4. The zero-order valence-electron chi connectivity index (χ0n) is 25.1. The molecule has 0 amide bonds. The van der Waals surface area contributed by atoms with E-state index in [1.165, 1.54) is 18.2 Å². The molecule has 0 aliphatic rings. The Hall–Kier alpha value is -1.63. The van der Waals surface area contributed by atoms with Gasteiger partial charge in [0.25, 0.3) is 0 Å². The summed E-state index contributed by atoms with van der Waals surface area (Å²) in [4.78, 5) is 51.3. The van der Waals surface area contributed by atoms with Crippen molar-refractivity contribution in [2.75, 3.05) is 18.5 Å². The Kier molecular flexibility index (Phi) is 33.2. The molecule has 0 aliphatic carbocycles. The number of rotatable bonds is 9. The van der Waals surface area contributed by atoms with E-state index in [9.17, 15) is 13.7 Å². The van der Waals surface area contributed by atoms with Crippen molar-refractivity contribution in [3.05, 3.63) is 140 Å². The van der Waals surface area contributed by atoms with Crippen molar-refractivity contribution < 1.29 is 77.2 Å². The van der Waals surface area contributed by atoms with Crippen molar-refractivity contribution in [3.8, 4) is 0 Å². The molecule has 252 valence electrons. The summed E-state index contributed by atoms with van der Waals surface area (Å²) in [6, 6.07) is 28.1. The predicted molar refractivity (Wildman–Crippen MR) is 179 cm³/mol. The largest absolute Gasteiger partial charge is 2.00 e. The molecule has 0 radical (unpaired) electrons. The van der Waals surface area contributed by atoms with Crippen molar-refractivity contribution in [2.45, 2.75) is 13.8 Å². The number of hydrogen-bond donors (Lipinski definition) is 6. The van der Waals surface area contributed by atoms with Crippen molar-refractivity contribution in [3.63, 3.8) is 0 Å². The smallest absolute Gasteiger partial charge is 0.346 e. The van der Waals surface area contributed by atoms with E-state index in [-0.39, 0.29) is 52.6 Å². The van der Waals surface area contributed by atoms with Crippen molar-refractivity contribution >= 4 is 41.0 Å². The van der Waals surface area contributed by atoms with Crippen LogP contribution in [0.5, 0.6) is 0 Å². The molecule has 0 saturated carbocycles. The number of hydrogen-bond acceptors (Lipinski definition) is 3. The third-order valence-electron chi connectivity index (χ3n) is 4.36. The summed E-state index contributed by atoms with van der Waals surface area (Å²) in [5.74, 6) is 0. The SMILES string of the molecule is O=P(O)(O)CC=Cc1ccccc1.O=P(O)(O)CC=Cc1ccccc1.O=P(O)(O)CC=Cc1ccccc1.[CH2-]C.[CH2-]C.[Fe+2].[Fe]. The molecule has 3 aromatic carbocycles. The quantitative estimate of drug-likeness (QED) is 0.0743. The molecule has 45 heavy (non-hydrogen) atoms. The van der Waals surface area contributed by atoms with E-state index < -0.39 is 22.8 Å². The summed E-state index contributed by atoms with van der Waals surface area (Å²) in [7, 11) is -11.7. The molecule has 0 saturated heterocycles. The summed E-state index contributed by atoms with van der Waals surface area (Å²) in [5.41, 5.74) is 2.82. The van der Waals surface area contributed by atoms with Gasteiger partial charge in [-0.1, -0.05) is 127 Å². The summed E-state index contributed by atoms with van der Waals surface area (Å²) in [5, 5.41) is 0. The minimum Gasteiger partial charge on any atom is -0.346 e. The molecule has 9 nitrogen and oxygen atoms in total. The maximum absolute atomic E-state index is 10.5. The molecule has 3 rings (SSSR count). The first kappa shape index (κ1) is 50.2. The molecule has 0 bridgehead atoms. The van der Waals surface area contributed by atoms with Gasteiger partial charge in [-0.2, -0.15) is 13.8 Å². The fourth-order valence-corrected chi connectivity index (χ4v) is 3.81. The van der Waals surface area contributed by atoms with Gasteiger partial charge < -0.3 is 43.2 Å². The molecule has 3 aromatic rings. The Morgan fingerprint density at radius 3 is 0.800 bits per heavy atom. The van der Waals surface area contributed by atoms with Gasteiger partial charge in [-0.3, -0.25) is 13.7 Å². The zero-order chi connectivity index (χ0) is 33.2. The van der Waals surface area contributed by atoms with Gasteiger partial charge in [-0.25, -0.2) is 0 Å². The van der Waals surface area contributed by atoms with E-state index in [1.54, 1.807) is 32.1 Å². The molecule has 0 aromatic heterocycles. The van der Waals surface area contributed by atoms with E-state index in [4.69, 9.17) is 29.4 Å². The topological polar surface area (TPSA) is 173 Å². The molecular weight excluding hydrogens is 721 g/mol. The number of benzene rings is 3. The molecule has 6 N–H and O–H groups in total. The van der Waals surface area contributed by atoms with Gasteiger partial charge >= 0.3 is 39.9 Å². The normalized spacial score (nSPS) is 10.8. The average Bonchev–Trinajstić information content (AvgIpc) is 2.96. The van der Waals surface area contributed by atoms with Gasteiger partial charge in [-0.05, 0) is 16.7 Å². The molecule has 14 heteroatoms. The van der Waals surface area contributed by atoms with Crippen molar-refractivity contribution in [2.24, 2.45) is 0 Å². The van der Waals surface area contributed by atoms with Gasteiger partial charge in [0, 0.05) is 17.1 Å². The summed E-state index contributed by atoms with van der Waals surface area (Å²) in [6.45, 7) is 10.0. The van der Waals surface area contributed by atoms with Gasteiger partial charge in [0.2, 0.25) is 0 Å². The summed E-state index contributed by atoms with van der Waals surface area (Å²) in [6.07, 6.45) is 8.91. The zero-order valence-corrected chi connectivity index (χ0v) is 30.0. The second-order valence-electron chi connectivity index (χ2n) is 7.98. The molecule has 0 aliphatic heterocycles. The van der Waals surface area contributed by atoms with E-state index in [0.29, 0.717) is 0 Å². The van der Waals surface area contributed by atoms with Crippen LogP contribution in [0.3, 0.4) is 0 Å². The Labute approximate surface area is 289 Å².